The standard InChI is InChI=1S/C33H37NO5/c1-33-14-12-24-23-9-7-22(17-20(23)6-8-25(24)26(33)10-11-29(33)35)37-16-4-5-27-30-21(13-15-34(27)2)18-28-31(32(30)36-3)39-19-38-28/h7,9,17-18,24-27H,6,8,10-16,19H2,1-3H3/t24-,25+,26+,27-,33+/m1/s1. The number of rotatable bonds is 3. The molecule has 2 saturated carbocycles. The molecule has 6 heteroatoms. The second-order valence-corrected chi connectivity index (χ2v) is 12.2. The second-order valence-electron chi connectivity index (χ2n) is 12.2. The van der Waals surface area contributed by atoms with Crippen LogP contribution in [0.1, 0.15) is 73.2 Å². The predicted octanol–water partition coefficient (Wildman–Crippen LogP) is 5.46. The summed E-state index contributed by atoms with van der Waals surface area (Å²) in [4.78, 5) is 14.9. The van der Waals surface area contributed by atoms with E-state index in [2.05, 4.69) is 55.0 Å². The lowest BCUT2D eigenvalue weighted by molar-refractivity contribution is -0.129. The van der Waals surface area contributed by atoms with E-state index in [0.717, 1.165) is 67.9 Å². The second kappa shape index (κ2) is 9.48. The molecule has 39 heavy (non-hydrogen) atoms. The molecule has 6 nitrogen and oxygen atoms in total. The first-order chi connectivity index (χ1) is 19.0. The van der Waals surface area contributed by atoms with Crippen molar-refractivity contribution < 1.29 is 23.7 Å². The Labute approximate surface area is 230 Å². The summed E-state index contributed by atoms with van der Waals surface area (Å²) in [6.07, 6.45) is 7.20. The van der Waals surface area contributed by atoms with Crippen LogP contribution in [0.15, 0.2) is 24.3 Å². The van der Waals surface area contributed by atoms with Gasteiger partial charge in [0, 0.05) is 23.9 Å². The third kappa shape index (κ3) is 3.92. The van der Waals surface area contributed by atoms with E-state index in [1.54, 1.807) is 7.11 Å². The van der Waals surface area contributed by atoms with E-state index in [0.29, 0.717) is 35.9 Å². The Bertz CT molecular complexity index is 1390. The molecule has 2 fully saturated rings. The van der Waals surface area contributed by atoms with E-state index in [9.17, 15) is 4.79 Å². The van der Waals surface area contributed by atoms with Gasteiger partial charge in [0.2, 0.25) is 12.5 Å². The van der Waals surface area contributed by atoms with Gasteiger partial charge in [-0.15, -0.1) is 0 Å². The highest BCUT2D eigenvalue weighted by Gasteiger charge is 2.54. The number of ether oxygens (including phenoxy) is 4. The molecule has 2 aliphatic heterocycles. The molecular formula is C33H37NO5. The van der Waals surface area contributed by atoms with Crippen LogP contribution in [0.25, 0.3) is 0 Å². The number of hydrogen-bond donors (Lipinski definition) is 0. The lowest BCUT2D eigenvalue weighted by atomic mass is 9.55. The fourth-order valence-corrected chi connectivity index (χ4v) is 8.29. The zero-order valence-electron chi connectivity index (χ0n) is 23.2. The summed E-state index contributed by atoms with van der Waals surface area (Å²) in [5, 5.41) is 0. The Morgan fingerprint density at radius 1 is 1.10 bits per heavy atom. The average molecular weight is 528 g/mol. The van der Waals surface area contributed by atoms with Gasteiger partial charge in [0.15, 0.2) is 11.5 Å². The number of Topliss-reactive ketones (excluding diaryl/α,β-unsaturated/α-hetero) is 1. The monoisotopic (exact) mass is 527 g/mol. The number of nitrogens with zero attached hydrogens (tertiary/aromatic N) is 1. The predicted molar refractivity (Wildman–Crippen MR) is 148 cm³/mol. The van der Waals surface area contributed by atoms with Gasteiger partial charge in [-0.1, -0.05) is 24.8 Å². The molecular weight excluding hydrogens is 490 g/mol. The van der Waals surface area contributed by atoms with Gasteiger partial charge in [0.1, 0.15) is 24.2 Å². The van der Waals surface area contributed by atoms with Gasteiger partial charge in [0.05, 0.1) is 7.11 Å². The Hall–Kier alpha value is -3.17. The van der Waals surface area contributed by atoms with Crippen molar-refractivity contribution in [3.63, 3.8) is 0 Å². The van der Waals surface area contributed by atoms with Gasteiger partial charge < -0.3 is 18.9 Å². The summed E-state index contributed by atoms with van der Waals surface area (Å²) in [5.41, 5.74) is 5.10. The molecule has 0 N–H and O–H groups in total. The Morgan fingerprint density at radius 3 is 2.87 bits per heavy atom. The summed E-state index contributed by atoms with van der Waals surface area (Å²) < 4.78 is 23.3. The maximum atomic E-state index is 12.6. The van der Waals surface area contributed by atoms with Gasteiger partial charge in [-0.3, -0.25) is 9.69 Å². The molecule has 0 aromatic heterocycles. The van der Waals surface area contributed by atoms with Crippen molar-refractivity contribution in [1.82, 2.24) is 4.90 Å². The zero-order chi connectivity index (χ0) is 26.7. The molecule has 0 unspecified atom stereocenters. The smallest absolute Gasteiger partial charge is 0.231 e. The molecule has 5 atom stereocenters. The van der Waals surface area contributed by atoms with Crippen LogP contribution >= 0.6 is 0 Å². The molecule has 2 aromatic carbocycles. The fraction of sp³-hybridized carbons (Fsp3) is 0.545. The minimum absolute atomic E-state index is 0.0713. The molecule has 0 spiro atoms. The van der Waals surface area contributed by atoms with E-state index in [-0.39, 0.29) is 18.2 Å². The quantitative estimate of drug-likeness (QED) is 0.494. The van der Waals surface area contributed by atoms with Gasteiger partial charge in [-0.05, 0) is 98.2 Å². The molecule has 3 aliphatic carbocycles. The Kier molecular flexibility index (Phi) is 6.04. The highest BCUT2D eigenvalue weighted by atomic mass is 16.7. The first-order valence-electron chi connectivity index (χ1n) is 14.4. The largest absolute Gasteiger partial charge is 0.492 e. The lowest BCUT2D eigenvalue weighted by Gasteiger charge is -2.48. The number of ketones is 1. The van der Waals surface area contributed by atoms with Crippen molar-refractivity contribution in [2.24, 2.45) is 17.3 Å². The van der Waals surface area contributed by atoms with Gasteiger partial charge in [-0.2, -0.15) is 0 Å². The van der Waals surface area contributed by atoms with E-state index < -0.39 is 0 Å². The number of aryl methyl sites for hydroxylation is 1. The van der Waals surface area contributed by atoms with Crippen LogP contribution < -0.4 is 18.9 Å². The maximum Gasteiger partial charge on any atom is 0.231 e. The summed E-state index contributed by atoms with van der Waals surface area (Å²) >= 11 is 0. The zero-order valence-corrected chi connectivity index (χ0v) is 23.2. The molecule has 0 bridgehead atoms. The van der Waals surface area contributed by atoms with Crippen LogP contribution in [0.4, 0.5) is 0 Å². The van der Waals surface area contributed by atoms with Crippen molar-refractivity contribution in [1.29, 1.82) is 0 Å². The lowest BCUT2D eigenvalue weighted by Crippen LogP contribution is -2.42. The van der Waals surface area contributed by atoms with Crippen molar-refractivity contribution in [2.45, 2.75) is 63.8 Å². The maximum absolute atomic E-state index is 12.6. The Morgan fingerprint density at radius 2 is 2.00 bits per heavy atom. The van der Waals surface area contributed by atoms with Crippen molar-refractivity contribution in [2.75, 3.05) is 34.1 Å². The van der Waals surface area contributed by atoms with Crippen LogP contribution in [-0.4, -0.2) is 44.8 Å². The number of hydrogen-bond acceptors (Lipinski definition) is 6. The minimum Gasteiger partial charge on any atom is -0.492 e. The average Bonchev–Trinajstić information content (AvgIpc) is 3.54. The minimum atomic E-state index is -0.0956. The first kappa shape index (κ1) is 24.8. The summed E-state index contributed by atoms with van der Waals surface area (Å²) in [7, 11) is 3.77. The van der Waals surface area contributed by atoms with Crippen molar-refractivity contribution in [3.05, 3.63) is 46.5 Å². The number of carbonyl (C=O) groups is 1. The highest BCUT2D eigenvalue weighted by Crippen LogP contribution is 2.59. The van der Waals surface area contributed by atoms with E-state index >= 15 is 0 Å². The molecule has 2 aromatic rings. The molecule has 5 aliphatic rings. The first-order valence-corrected chi connectivity index (χ1v) is 14.4. The van der Waals surface area contributed by atoms with Crippen LogP contribution in [0.3, 0.4) is 0 Å². The number of benzene rings is 2. The summed E-state index contributed by atoms with van der Waals surface area (Å²) in [6.45, 7) is 3.71. The number of likely N-dealkylation sites (N-methyl/N-ethyl adjacent to an activating group) is 1. The fourth-order valence-electron chi connectivity index (χ4n) is 8.29. The normalized spacial score (nSPS) is 30.4. The molecule has 7 rings (SSSR count). The van der Waals surface area contributed by atoms with Crippen molar-refractivity contribution >= 4 is 5.78 Å². The summed E-state index contributed by atoms with van der Waals surface area (Å²) in [6, 6.07) is 8.61. The van der Waals surface area contributed by atoms with Crippen LogP contribution in [0.5, 0.6) is 23.0 Å². The molecule has 204 valence electrons. The van der Waals surface area contributed by atoms with Crippen molar-refractivity contribution in [3.8, 4) is 34.8 Å². The van der Waals surface area contributed by atoms with Crippen LogP contribution in [0, 0.1) is 29.1 Å². The number of fused-ring (bicyclic) bond motifs is 7. The van der Waals surface area contributed by atoms with Gasteiger partial charge in [-0.25, -0.2) is 0 Å². The van der Waals surface area contributed by atoms with E-state index in [1.807, 2.05) is 0 Å². The molecule has 0 amide bonds. The number of carbonyl (C=O) groups excluding carboxylic acids is 1. The SMILES string of the molecule is COc1c2c(cc3c1[C@@H](C#CCOc1ccc4c(c1)CC[C@H]1[C@@H]4CC[C@]4(C)C(=O)CC[C@@H]14)N(C)CC3)OCO2. The third-order valence-electron chi connectivity index (χ3n) is 10.4. The van der Waals surface area contributed by atoms with Gasteiger partial charge >= 0.3 is 0 Å². The topological polar surface area (TPSA) is 57.2 Å². The Balaban J connectivity index is 1.06. The van der Waals surface area contributed by atoms with Gasteiger partial charge in [0.25, 0.3) is 0 Å². The highest BCUT2D eigenvalue weighted by molar-refractivity contribution is 5.87. The molecule has 2 heterocycles. The molecule has 0 radical (unpaired) electrons. The van der Waals surface area contributed by atoms with E-state index in [1.165, 1.54) is 23.1 Å². The molecule has 0 saturated heterocycles. The van der Waals surface area contributed by atoms with E-state index in [4.69, 9.17) is 18.9 Å². The number of methoxy groups -OCH3 is 1. The van der Waals surface area contributed by atoms with Crippen LogP contribution in [-0.2, 0) is 17.6 Å². The third-order valence-corrected chi connectivity index (χ3v) is 10.4. The van der Waals surface area contributed by atoms with Crippen LogP contribution in [0.2, 0.25) is 0 Å². The summed E-state index contributed by atoms with van der Waals surface area (Å²) in [5.74, 6) is 12.1.